The number of aromatic nitrogens is 2. The number of carbonyl (C=O) groups is 2. The van der Waals surface area contributed by atoms with Crippen LogP contribution >= 0.6 is 0 Å². The molecule has 21 heavy (non-hydrogen) atoms. The van der Waals surface area contributed by atoms with Crippen molar-refractivity contribution in [3.8, 4) is 0 Å². The van der Waals surface area contributed by atoms with Crippen LogP contribution in [0.2, 0.25) is 0 Å². The van der Waals surface area contributed by atoms with Crippen LogP contribution in [0.5, 0.6) is 0 Å². The molecule has 0 aliphatic rings. The van der Waals surface area contributed by atoms with Gasteiger partial charge in [0.25, 0.3) is 0 Å². The first-order valence-corrected chi connectivity index (χ1v) is 6.38. The normalized spacial score (nSPS) is 11.9. The summed E-state index contributed by atoms with van der Waals surface area (Å²) in [4.78, 5) is 27.1. The van der Waals surface area contributed by atoms with Crippen LogP contribution in [0.3, 0.4) is 0 Å². The summed E-state index contributed by atoms with van der Waals surface area (Å²) in [6.07, 6.45) is -0.0278. The van der Waals surface area contributed by atoms with Gasteiger partial charge in [-0.05, 0) is 25.5 Å². The highest BCUT2D eigenvalue weighted by molar-refractivity contribution is 5.91. The van der Waals surface area contributed by atoms with Crippen LogP contribution in [0, 0.1) is 6.92 Å². The van der Waals surface area contributed by atoms with E-state index < -0.39 is 12.0 Å². The summed E-state index contributed by atoms with van der Waals surface area (Å²) in [6, 6.07) is 5.96. The molecule has 2 N–H and O–H groups in total. The van der Waals surface area contributed by atoms with Crippen LogP contribution in [0.1, 0.15) is 40.6 Å². The Morgan fingerprint density at radius 3 is 2.71 bits per heavy atom. The lowest BCUT2D eigenvalue weighted by Gasteiger charge is -2.10. The molecule has 0 aliphatic heterocycles. The zero-order valence-corrected chi connectivity index (χ0v) is 11.7. The Hall–Kier alpha value is -2.70. The van der Waals surface area contributed by atoms with Gasteiger partial charge in [-0.3, -0.25) is 4.79 Å². The molecule has 7 heteroatoms. The highest BCUT2D eigenvalue weighted by atomic mass is 16.5. The number of hydrogen-bond acceptors (Lipinski definition) is 5. The molecule has 1 heterocycles. The Kier molecular flexibility index (Phi) is 4.32. The number of hydrogen-bond donors (Lipinski definition) is 2. The Bertz CT molecular complexity index is 666. The standard InChI is InChI=1S/C14H15N3O4/c1-8(13-16-9(2)17-21-13)15-12(18)7-10-5-3-4-6-11(10)14(19)20/h3-6,8H,7H2,1-2H3,(H,15,18)(H,19,20). The number of carbonyl (C=O) groups excluding carboxylic acids is 1. The molecule has 1 unspecified atom stereocenters. The molecule has 0 saturated heterocycles. The molecule has 0 saturated carbocycles. The molecule has 1 aromatic carbocycles. The summed E-state index contributed by atoms with van der Waals surface area (Å²) in [5, 5.41) is 15.4. The minimum atomic E-state index is -1.06. The fraction of sp³-hybridized carbons (Fsp3) is 0.286. The largest absolute Gasteiger partial charge is 0.478 e. The van der Waals surface area contributed by atoms with Crippen LogP contribution in [0.4, 0.5) is 0 Å². The number of carboxylic acids is 1. The average Bonchev–Trinajstić information content (AvgIpc) is 2.85. The van der Waals surface area contributed by atoms with Crippen molar-refractivity contribution < 1.29 is 19.2 Å². The quantitative estimate of drug-likeness (QED) is 0.864. The van der Waals surface area contributed by atoms with Gasteiger partial charge in [-0.1, -0.05) is 23.4 Å². The van der Waals surface area contributed by atoms with Crippen molar-refractivity contribution in [1.82, 2.24) is 15.5 Å². The zero-order valence-electron chi connectivity index (χ0n) is 11.7. The lowest BCUT2D eigenvalue weighted by atomic mass is 10.0. The van der Waals surface area contributed by atoms with Gasteiger partial charge in [0.15, 0.2) is 5.82 Å². The summed E-state index contributed by atoms with van der Waals surface area (Å²) in [6.45, 7) is 3.40. The van der Waals surface area contributed by atoms with Crippen molar-refractivity contribution in [2.75, 3.05) is 0 Å². The predicted molar refractivity (Wildman–Crippen MR) is 72.7 cm³/mol. The number of aromatic carboxylic acids is 1. The van der Waals surface area contributed by atoms with E-state index in [4.69, 9.17) is 9.63 Å². The summed E-state index contributed by atoms with van der Waals surface area (Å²) >= 11 is 0. The van der Waals surface area contributed by atoms with Gasteiger partial charge in [0, 0.05) is 0 Å². The lowest BCUT2D eigenvalue weighted by molar-refractivity contribution is -0.121. The number of aryl methyl sites for hydroxylation is 1. The molecule has 0 fully saturated rings. The number of nitrogens with one attached hydrogen (secondary N) is 1. The van der Waals surface area contributed by atoms with Crippen molar-refractivity contribution in [3.63, 3.8) is 0 Å². The highest BCUT2D eigenvalue weighted by Crippen LogP contribution is 2.12. The molecule has 1 aromatic heterocycles. The summed E-state index contributed by atoms with van der Waals surface area (Å²) in [5.41, 5.74) is 0.574. The summed E-state index contributed by atoms with van der Waals surface area (Å²) < 4.78 is 4.97. The molecule has 2 rings (SSSR count). The lowest BCUT2D eigenvalue weighted by Crippen LogP contribution is -2.28. The van der Waals surface area contributed by atoms with Crippen molar-refractivity contribution in [2.45, 2.75) is 26.3 Å². The minimum absolute atomic E-state index is 0.0278. The molecule has 1 atom stereocenters. The number of rotatable bonds is 5. The third-order valence-corrected chi connectivity index (χ3v) is 2.89. The fourth-order valence-corrected chi connectivity index (χ4v) is 1.90. The first-order valence-electron chi connectivity index (χ1n) is 6.38. The van der Waals surface area contributed by atoms with Gasteiger partial charge < -0.3 is 14.9 Å². The third-order valence-electron chi connectivity index (χ3n) is 2.89. The van der Waals surface area contributed by atoms with Crippen molar-refractivity contribution in [3.05, 3.63) is 47.1 Å². The summed E-state index contributed by atoms with van der Waals surface area (Å²) in [7, 11) is 0. The molecule has 2 aromatic rings. The molecule has 7 nitrogen and oxygen atoms in total. The van der Waals surface area contributed by atoms with Crippen LogP contribution in [0.25, 0.3) is 0 Å². The monoisotopic (exact) mass is 289 g/mol. The zero-order chi connectivity index (χ0) is 15.4. The molecule has 110 valence electrons. The van der Waals surface area contributed by atoms with Gasteiger partial charge in [-0.2, -0.15) is 4.98 Å². The number of benzene rings is 1. The number of amides is 1. The van der Waals surface area contributed by atoms with E-state index >= 15 is 0 Å². The first kappa shape index (κ1) is 14.7. The van der Waals surface area contributed by atoms with Crippen LogP contribution in [-0.4, -0.2) is 27.1 Å². The summed E-state index contributed by atoms with van der Waals surface area (Å²) in [5.74, 6) is -0.569. The second-order valence-electron chi connectivity index (χ2n) is 4.61. The Labute approximate surface area is 121 Å². The maximum absolute atomic E-state index is 12.0. The molecule has 0 radical (unpaired) electrons. The number of nitrogens with zero attached hydrogens (tertiary/aromatic N) is 2. The fourth-order valence-electron chi connectivity index (χ4n) is 1.90. The molecule has 0 aliphatic carbocycles. The first-order chi connectivity index (χ1) is 9.97. The van der Waals surface area contributed by atoms with Crippen LogP contribution in [0.15, 0.2) is 28.8 Å². The SMILES string of the molecule is Cc1noc(C(C)NC(=O)Cc2ccccc2C(=O)O)n1. The Balaban J connectivity index is 2.04. The molecule has 0 bridgehead atoms. The average molecular weight is 289 g/mol. The van der Waals surface area contributed by atoms with E-state index in [1.165, 1.54) is 6.07 Å². The van der Waals surface area contributed by atoms with Crippen molar-refractivity contribution in [2.24, 2.45) is 0 Å². The second kappa shape index (κ2) is 6.17. The maximum atomic E-state index is 12.0. The van der Waals surface area contributed by atoms with E-state index in [0.717, 1.165) is 0 Å². The highest BCUT2D eigenvalue weighted by Gasteiger charge is 2.17. The van der Waals surface area contributed by atoms with Gasteiger partial charge in [-0.25, -0.2) is 4.79 Å². The van der Waals surface area contributed by atoms with E-state index in [1.54, 1.807) is 32.0 Å². The van der Waals surface area contributed by atoms with E-state index in [9.17, 15) is 9.59 Å². The van der Waals surface area contributed by atoms with E-state index in [-0.39, 0.29) is 17.9 Å². The van der Waals surface area contributed by atoms with E-state index in [2.05, 4.69) is 15.5 Å². The van der Waals surface area contributed by atoms with E-state index in [1.807, 2.05) is 0 Å². The third kappa shape index (κ3) is 3.65. The molecular weight excluding hydrogens is 274 g/mol. The maximum Gasteiger partial charge on any atom is 0.335 e. The minimum Gasteiger partial charge on any atom is -0.478 e. The van der Waals surface area contributed by atoms with Gasteiger partial charge in [0.05, 0.1) is 12.0 Å². The smallest absolute Gasteiger partial charge is 0.335 e. The van der Waals surface area contributed by atoms with E-state index in [0.29, 0.717) is 17.3 Å². The van der Waals surface area contributed by atoms with Gasteiger partial charge in [-0.15, -0.1) is 0 Å². The van der Waals surface area contributed by atoms with Crippen LogP contribution in [-0.2, 0) is 11.2 Å². The second-order valence-corrected chi connectivity index (χ2v) is 4.61. The van der Waals surface area contributed by atoms with Crippen molar-refractivity contribution in [1.29, 1.82) is 0 Å². The predicted octanol–water partition coefficient (Wildman–Crippen LogP) is 1.50. The molecule has 0 spiro atoms. The van der Waals surface area contributed by atoms with Gasteiger partial charge >= 0.3 is 5.97 Å². The molecular formula is C14H15N3O4. The number of carboxylic acid groups (broad SMARTS) is 1. The van der Waals surface area contributed by atoms with Gasteiger partial charge in [0.2, 0.25) is 11.8 Å². The van der Waals surface area contributed by atoms with Gasteiger partial charge in [0.1, 0.15) is 6.04 Å². The van der Waals surface area contributed by atoms with Crippen molar-refractivity contribution >= 4 is 11.9 Å². The Morgan fingerprint density at radius 2 is 2.10 bits per heavy atom. The molecule has 1 amide bonds. The topological polar surface area (TPSA) is 105 Å². The van der Waals surface area contributed by atoms with Crippen LogP contribution < -0.4 is 5.32 Å². The Morgan fingerprint density at radius 1 is 1.38 bits per heavy atom.